The number of fused-ring (bicyclic) bond motifs is 1. The standard InChI is InChI=1S/C21H23N5O3S/c1-12-7-15(16(27)11-30-21-24-19(22)8-20(23)25-21)13(2)26(12)9-14-10-28-17-5-3-4-6-18(17)29-14/h3-8,14H,9-11H2,1-2H3,(H4,22,23,24,25)/t14-/m1/s1. The molecule has 0 aliphatic carbocycles. The first-order valence-corrected chi connectivity index (χ1v) is 10.5. The zero-order chi connectivity index (χ0) is 21.3. The second-order valence-corrected chi connectivity index (χ2v) is 8.05. The van der Waals surface area contributed by atoms with Crippen molar-refractivity contribution in [2.45, 2.75) is 31.7 Å². The number of benzene rings is 1. The van der Waals surface area contributed by atoms with Gasteiger partial charge in [-0.2, -0.15) is 0 Å². The molecule has 0 spiro atoms. The number of para-hydroxylation sites is 2. The minimum Gasteiger partial charge on any atom is -0.486 e. The molecule has 2 aromatic heterocycles. The van der Waals surface area contributed by atoms with Crippen molar-refractivity contribution in [2.75, 3.05) is 23.8 Å². The van der Waals surface area contributed by atoms with Crippen LogP contribution in [-0.2, 0) is 6.54 Å². The van der Waals surface area contributed by atoms with Gasteiger partial charge in [-0.25, -0.2) is 9.97 Å². The molecular formula is C21H23N5O3S. The predicted octanol–water partition coefficient (Wildman–Crippen LogP) is 2.87. The molecule has 3 aromatic rings. The number of thioether (sulfide) groups is 1. The third kappa shape index (κ3) is 4.20. The molecule has 0 saturated carbocycles. The highest BCUT2D eigenvalue weighted by atomic mass is 32.2. The molecule has 1 aromatic carbocycles. The normalized spacial score (nSPS) is 15.2. The fourth-order valence-corrected chi connectivity index (χ4v) is 4.21. The molecule has 1 aliphatic rings. The number of aryl methyl sites for hydroxylation is 1. The molecule has 0 amide bonds. The molecule has 156 valence electrons. The van der Waals surface area contributed by atoms with Crippen LogP contribution in [0.1, 0.15) is 21.7 Å². The van der Waals surface area contributed by atoms with Gasteiger partial charge < -0.3 is 25.5 Å². The maximum Gasteiger partial charge on any atom is 0.191 e. The van der Waals surface area contributed by atoms with E-state index in [2.05, 4.69) is 14.5 Å². The van der Waals surface area contributed by atoms with Crippen LogP contribution in [-0.4, -0.2) is 38.8 Å². The van der Waals surface area contributed by atoms with Crippen LogP contribution >= 0.6 is 11.8 Å². The zero-order valence-corrected chi connectivity index (χ0v) is 17.6. The van der Waals surface area contributed by atoms with Crippen LogP contribution in [0.5, 0.6) is 11.5 Å². The van der Waals surface area contributed by atoms with E-state index in [9.17, 15) is 4.79 Å². The van der Waals surface area contributed by atoms with Crippen LogP contribution in [0.4, 0.5) is 11.6 Å². The van der Waals surface area contributed by atoms with Crippen molar-refractivity contribution < 1.29 is 14.3 Å². The quantitative estimate of drug-likeness (QED) is 0.352. The number of ketones is 1. The summed E-state index contributed by atoms with van der Waals surface area (Å²) in [5.74, 6) is 2.26. The minimum absolute atomic E-state index is 0.00453. The lowest BCUT2D eigenvalue weighted by Crippen LogP contribution is -2.33. The summed E-state index contributed by atoms with van der Waals surface area (Å²) in [6.07, 6.45) is -0.134. The van der Waals surface area contributed by atoms with Crippen LogP contribution in [0, 0.1) is 13.8 Å². The van der Waals surface area contributed by atoms with Gasteiger partial charge in [-0.3, -0.25) is 4.79 Å². The number of Topliss-reactive ketones (excluding diaryl/α,β-unsaturated/α-hetero) is 1. The number of rotatable bonds is 6. The topological polar surface area (TPSA) is 118 Å². The highest BCUT2D eigenvalue weighted by Gasteiger charge is 2.24. The fraction of sp³-hybridized carbons (Fsp3) is 0.286. The number of nitrogen functional groups attached to an aromatic ring is 2. The van der Waals surface area contributed by atoms with E-state index in [0.29, 0.717) is 23.9 Å². The molecule has 9 heteroatoms. The predicted molar refractivity (Wildman–Crippen MR) is 116 cm³/mol. The van der Waals surface area contributed by atoms with Crippen LogP contribution in [0.15, 0.2) is 41.6 Å². The van der Waals surface area contributed by atoms with Crippen molar-refractivity contribution in [1.82, 2.24) is 14.5 Å². The molecule has 30 heavy (non-hydrogen) atoms. The Labute approximate surface area is 178 Å². The number of carbonyl (C=O) groups is 1. The first-order valence-electron chi connectivity index (χ1n) is 9.52. The van der Waals surface area contributed by atoms with Crippen molar-refractivity contribution >= 4 is 29.2 Å². The summed E-state index contributed by atoms with van der Waals surface area (Å²) >= 11 is 1.22. The number of anilines is 2. The lowest BCUT2D eigenvalue weighted by molar-refractivity contribution is 0.0777. The van der Waals surface area contributed by atoms with Crippen molar-refractivity contribution in [3.8, 4) is 11.5 Å². The Bertz CT molecular complexity index is 1080. The Kier molecular flexibility index (Phi) is 5.54. The van der Waals surface area contributed by atoms with Crippen LogP contribution < -0.4 is 20.9 Å². The van der Waals surface area contributed by atoms with Gasteiger partial charge in [0, 0.05) is 23.0 Å². The molecule has 4 rings (SSSR count). The molecule has 0 unspecified atom stereocenters. The van der Waals surface area contributed by atoms with Crippen molar-refractivity contribution in [3.63, 3.8) is 0 Å². The van der Waals surface area contributed by atoms with Gasteiger partial charge in [-0.05, 0) is 32.0 Å². The zero-order valence-electron chi connectivity index (χ0n) is 16.8. The first kappa shape index (κ1) is 20.1. The highest BCUT2D eigenvalue weighted by molar-refractivity contribution is 7.99. The Balaban J connectivity index is 1.44. The summed E-state index contributed by atoms with van der Waals surface area (Å²) in [5, 5.41) is 0.390. The summed E-state index contributed by atoms with van der Waals surface area (Å²) in [5.41, 5.74) is 13.9. The number of ether oxygens (including phenoxy) is 2. The van der Waals surface area contributed by atoms with E-state index < -0.39 is 0 Å². The summed E-state index contributed by atoms with van der Waals surface area (Å²) in [6.45, 7) is 4.98. The third-order valence-electron chi connectivity index (χ3n) is 4.91. The number of hydrogen-bond acceptors (Lipinski definition) is 8. The van der Waals surface area contributed by atoms with Crippen LogP contribution in [0.2, 0.25) is 0 Å². The van der Waals surface area contributed by atoms with Gasteiger partial charge in [0.15, 0.2) is 28.5 Å². The maximum atomic E-state index is 12.8. The van der Waals surface area contributed by atoms with Gasteiger partial charge in [0.25, 0.3) is 0 Å². The number of aromatic nitrogens is 3. The molecule has 8 nitrogen and oxygen atoms in total. The van der Waals surface area contributed by atoms with Gasteiger partial charge in [-0.15, -0.1) is 0 Å². The Morgan fingerprint density at radius 3 is 2.60 bits per heavy atom. The van der Waals surface area contributed by atoms with Crippen LogP contribution in [0.25, 0.3) is 0 Å². The monoisotopic (exact) mass is 425 g/mol. The Morgan fingerprint density at radius 2 is 1.87 bits per heavy atom. The molecule has 4 N–H and O–H groups in total. The smallest absolute Gasteiger partial charge is 0.191 e. The average Bonchev–Trinajstić information content (AvgIpc) is 2.99. The molecule has 0 fully saturated rings. The molecule has 3 heterocycles. The van der Waals surface area contributed by atoms with E-state index in [0.717, 1.165) is 22.9 Å². The number of nitrogens with zero attached hydrogens (tertiary/aromatic N) is 3. The Hall–Kier alpha value is -3.20. The SMILES string of the molecule is Cc1cc(C(=O)CSc2nc(N)cc(N)n2)c(C)n1C[C@@H]1COc2ccccc2O1. The van der Waals surface area contributed by atoms with E-state index >= 15 is 0 Å². The molecular weight excluding hydrogens is 402 g/mol. The molecule has 0 radical (unpaired) electrons. The van der Waals surface area contributed by atoms with Crippen molar-refractivity contribution in [3.05, 3.63) is 53.3 Å². The first-order chi connectivity index (χ1) is 14.4. The van der Waals surface area contributed by atoms with Gasteiger partial charge >= 0.3 is 0 Å². The highest BCUT2D eigenvalue weighted by Crippen LogP contribution is 2.31. The van der Waals surface area contributed by atoms with Crippen LogP contribution in [0.3, 0.4) is 0 Å². The van der Waals surface area contributed by atoms with E-state index in [1.54, 1.807) is 0 Å². The summed E-state index contributed by atoms with van der Waals surface area (Å²) in [4.78, 5) is 21.0. The third-order valence-corrected chi connectivity index (χ3v) is 5.75. The lowest BCUT2D eigenvalue weighted by Gasteiger charge is -2.27. The van der Waals surface area contributed by atoms with Gasteiger partial charge in [-0.1, -0.05) is 23.9 Å². The van der Waals surface area contributed by atoms with E-state index in [-0.39, 0.29) is 29.3 Å². The second kappa shape index (κ2) is 8.27. The summed E-state index contributed by atoms with van der Waals surface area (Å²) in [7, 11) is 0. The minimum atomic E-state index is -0.134. The number of nitrogens with two attached hydrogens (primary N) is 2. The van der Waals surface area contributed by atoms with Gasteiger partial charge in [0.05, 0.1) is 12.3 Å². The maximum absolute atomic E-state index is 12.8. The Morgan fingerprint density at radius 1 is 1.17 bits per heavy atom. The summed E-state index contributed by atoms with van der Waals surface area (Å²) in [6, 6.07) is 11.0. The number of hydrogen-bond donors (Lipinski definition) is 2. The lowest BCUT2D eigenvalue weighted by atomic mass is 10.2. The largest absolute Gasteiger partial charge is 0.486 e. The van der Waals surface area contributed by atoms with E-state index in [1.807, 2.05) is 44.2 Å². The molecule has 1 atom stereocenters. The van der Waals surface area contributed by atoms with Gasteiger partial charge in [0.2, 0.25) is 0 Å². The molecule has 0 saturated heterocycles. The second-order valence-electron chi connectivity index (χ2n) is 7.11. The molecule has 0 bridgehead atoms. The summed E-state index contributed by atoms with van der Waals surface area (Å²) < 4.78 is 14.0. The average molecular weight is 426 g/mol. The molecule has 1 aliphatic heterocycles. The van der Waals surface area contributed by atoms with Crippen molar-refractivity contribution in [2.24, 2.45) is 0 Å². The van der Waals surface area contributed by atoms with E-state index in [1.165, 1.54) is 17.8 Å². The fourth-order valence-electron chi connectivity index (χ4n) is 3.46. The van der Waals surface area contributed by atoms with Crippen molar-refractivity contribution in [1.29, 1.82) is 0 Å². The number of carbonyl (C=O) groups excluding carboxylic acids is 1. The van der Waals surface area contributed by atoms with E-state index in [4.69, 9.17) is 20.9 Å². The van der Waals surface area contributed by atoms with Gasteiger partial charge in [0.1, 0.15) is 18.2 Å².